The lowest BCUT2D eigenvalue weighted by Gasteiger charge is -2.42. The van der Waals surface area contributed by atoms with Gasteiger partial charge in [0.05, 0.1) is 17.1 Å². The Labute approximate surface area is 232 Å². The number of carbonyl (C=O) groups excluding carboxylic acids is 2. The summed E-state index contributed by atoms with van der Waals surface area (Å²) in [5.74, 6) is -0.457. The van der Waals surface area contributed by atoms with Crippen LogP contribution in [0.25, 0.3) is 0 Å². The van der Waals surface area contributed by atoms with Gasteiger partial charge in [0, 0.05) is 24.8 Å². The Morgan fingerprint density at radius 3 is 2.30 bits per heavy atom. The van der Waals surface area contributed by atoms with E-state index in [-0.39, 0.29) is 57.0 Å². The number of hydrogen-bond acceptors (Lipinski definition) is 5. The number of carbonyl (C=O) groups is 2. The standard InChI is InChI=1S/C28H33F3N4O4S/c29-28(30,31)21-8-7-13-24(18-21)40(38,39)34-16-14-27(15-17-34)26(37)33(20-35(27)23-11-5-2-6-12-23)19-25(36)32-22-9-3-1-4-10-22/h2,5-8,11-13,18,22H,1,3-4,9-10,14-17,19-20H2,(H,32,36). The third-order valence-electron chi connectivity index (χ3n) is 8.24. The lowest BCUT2D eigenvalue weighted by atomic mass is 9.86. The molecule has 2 aliphatic heterocycles. The molecular formula is C28H33F3N4O4S. The van der Waals surface area contributed by atoms with Gasteiger partial charge >= 0.3 is 6.18 Å². The van der Waals surface area contributed by atoms with Crippen molar-refractivity contribution in [3.63, 3.8) is 0 Å². The smallest absolute Gasteiger partial charge is 0.352 e. The van der Waals surface area contributed by atoms with Gasteiger partial charge in [-0.25, -0.2) is 8.42 Å². The number of nitrogens with zero attached hydrogens (tertiary/aromatic N) is 3. The van der Waals surface area contributed by atoms with Crippen molar-refractivity contribution < 1.29 is 31.2 Å². The molecule has 5 rings (SSSR count). The van der Waals surface area contributed by atoms with Crippen molar-refractivity contribution >= 4 is 27.5 Å². The number of halogens is 3. The van der Waals surface area contributed by atoms with Gasteiger partial charge in [0.25, 0.3) is 0 Å². The van der Waals surface area contributed by atoms with Crippen LogP contribution >= 0.6 is 0 Å². The highest BCUT2D eigenvalue weighted by molar-refractivity contribution is 7.89. The zero-order chi connectivity index (χ0) is 28.5. The first-order valence-corrected chi connectivity index (χ1v) is 15.0. The minimum atomic E-state index is -4.67. The van der Waals surface area contributed by atoms with Crippen LogP contribution in [0.1, 0.15) is 50.5 Å². The molecule has 0 atom stereocenters. The lowest BCUT2D eigenvalue weighted by molar-refractivity contribution is -0.138. The van der Waals surface area contributed by atoms with Gasteiger partial charge < -0.3 is 15.1 Å². The van der Waals surface area contributed by atoms with Crippen molar-refractivity contribution in [3.05, 3.63) is 60.2 Å². The highest BCUT2D eigenvalue weighted by atomic mass is 32.2. The third-order valence-corrected chi connectivity index (χ3v) is 10.1. The quantitative estimate of drug-likeness (QED) is 0.560. The summed E-state index contributed by atoms with van der Waals surface area (Å²) in [6.07, 6.45) is 0.755. The molecule has 0 aromatic heterocycles. The van der Waals surface area contributed by atoms with Crippen LogP contribution in [-0.2, 0) is 25.8 Å². The van der Waals surface area contributed by atoms with Gasteiger partial charge in [0.1, 0.15) is 12.1 Å². The highest BCUT2D eigenvalue weighted by Crippen LogP contribution is 2.41. The molecule has 12 heteroatoms. The molecule has 2 aromatic rings. The van der Waals surface area contributed by atoms with E-state index in [9.17, 15) is 31.2 Å². The van der Waals surface area contributed by atoms with Gasteiger partial charge in [0.15, 0.2) is 0 Å². The van der Waals surface area contributed by atoms with Crippen molar-refractivity contribution in [2.24, 2.45) is 0 Å². The molecule has 3 aliphatic rings. The van der Waals surface area contributed by atoms with E-state index in [1.165, 1.54) is 4.90 Å². The van der Waals surface area contributed by atoms with Gasteiger partial charge in [-0.15, -0.1) is 0 Å². The maximum atomic E-state index is 13.9. The second-order valence-electron chi connectivity index (χ2n) is 10.8. The molecular weight excluding hydrogens is 545 g/mol. The topological polar surface area (TPSA) is 90.0 Å². The Morgan fingerprint density at radius 1 is 0.975 bits per heavy atom. The van der Waals surface area contributed by atoms with E-state index < -0.39 is 32.2 Å². The van der Waals surface area contributed by atoms with E-state index in [0.29, 0.717) is 6.07 Å². The number of piperidine rings is 1. The molecule has 2 heterocycles. The number of hydrogen-bond donors (Lipinski definition) is 1. The highest BCUT2D eigenvalue weighted by Gasteiger charge is 2.55. The van der Waals surface area contributed by atoms with E-state index in [1.807, 2.05) is 35.2 Å². The fraction of sp³-hybridized carbons (Fsp3) is 0.500. The SMILES string of the molecule is O=C(CN1CN(c2ccccc2)C2(CCN(S(=O)(=O)c3cccc(C(F)(F)F)c3)CC2)C1=O)NC1CCCCC1. The van der Waals surface area contributed by atoms with Crippen molar-refractivity contribution in [1.29, 1.82) is 0 Å². The third kappa shape index (κ3) is 5.56. The molecule has 1 spiro atoms. The summed E-state index contributed by atoms with van der Waals surface area (Å²) in [7, 11) is -4.21. The summed E-state index contributed by atoms with van der Waals surface area (Å²) >= 11 is 0. The van der Waals surface area contributed by atoms with E-state index >= 15 is 0 Å². The number of amides is 2. The van der Waals surface area contributed by atoms with Crippen LogP contribution in [0.3, 0.4) is 0 Å². The fourth-order valence-corrected chi connectivity index (χ4v) is 7.58. The van der Waals surface area contributed by atoms with E-state index in [0.717, 1.165) is 60.3 Å². The molecule has 216 valence electrons. The zero-order valence-electron chi connectivity index (χ0n) is 22.1. The van der Waals surface area contributed by atoms with Crippen LogP contribution in [0.4, 0.5) is 18.9 Å². The molecule has 1 aliphatic carbocycles. The second kappa shape index (κ2) is 11.0. The normalized spacial score (nSPS) is 20.7. The predicted octanol–water partition coefficient (Wildman–Crippen LogP) is 3.98. The van der Waals surface area contributed by atoms with Crippen LogP contribution < -0.4 is 10.2 Å². The maximum Gasteiger partial charge on any atom is 0.416 e. The number of rotatable bonds is 6. The van der Waals surface area contributed by atoms with Crippen LogP contribution in [-0.4, -0.2) is 67.3 Å². The largest absolute Gasteiger partial charge is 0.416 e. The van der Waals surface area contributed by atoms with Crippen LogP contribution in [0.5, 0.6) is 0 Å². The van der Waals surface area contributed by atoms with E-state index in [4.69, 9.17) is 0 Å². The van der Waals surface area contributed by atoms with Gasteiger partial charge in [0.2, 0.25) is 21.8 Å². The Kier molecular flexibility index (Phi) is 7.84. The molecule has 0 radical (unpaired) electrons. The molecule has 2 aromatic carbocycles. The van der Waals surface area contributed by atoms with Crippen LogP contribution in [0, 0.1) is 0 Å². The molecule has 0 bridgehead atoms. The number of sulfonamides is 1. The average Bonchev–Trinajstić information content (AvgIpc) is 3.20. The number of para-hydroxylation sites is 1. The van der Waals surface area contributed by atoms with Crippen molar-refractivity contribution in [3.8, 4) is 0 Å². The minimum absolute atomic E-state index is 0.0459. The Bertz CT molecular complexity index is 1340. The molecule has 40 heavy (non-hydrogen) atoms. The number of anilines is 1. The van der Waals surface area contributed by atoms with Crippen LogP contribution in [0.15, 0.2) is 59.5 Å². The number of alkyl halides is 3. The molecule has 2 saturated heterocycles. The summed E-state index contributed by atoms with van der Waals surface area (Å²) in [5.41, 5.74) is -1.32. The van der Waals surface area contributed by atoms with Gasteiger partial charge in [-0.3, -0.25) is 9.59 Å². The number of benzene rings is 2. The zero-order valence-corrected chi connectivity index (χ0v) is 22.9. The Morgan fingerprint density at radius 2 is 1.65 bits per heavy atom. The minimum Gasteiger partial charge on any atom is -0.352 e. The summed E-state index contributed by atoms with van der Waals surface area (Å²) in [5, 5.41) is 3.05. The molecule has 3 fully saturated rings. The van der Waals surface area contributed by atoms with Gasteiger partial charge in [-0.05, 0) is 56.0 Å². The summed E-state index contributed by atoms with van der Waals surface area (Å²) in [6, 6.07) is 13.1. The first kappa shape index (κ1) is 28.4. The van der Waals surface area contributed by atoms with Crippen molar-refractivity contribution in [1.82, 2.24) is 14.5 Å². The number of nitrogens with one attached hydrogen (secondary N) is 1. The van der Waals surface area contributed by atoms with Gasteiger partial charge in [-0.1, -0.05) is 43.5 Å². The van der Waals surface area contributed by atoms with Crippen LogP contribution in [0.2, 0.25) is 0 Å². The van der Waals surface area contributed by atoms with E-state index in [1.54, 1.807) is 0 Å². The first-order valence-electron chi connectivity index (χ1n) is 13.6. The summed E-state index contributed by atoms with van der Waals surface area (Å²) < 4.78 is 67.4. The van der Waals surface area contributed by atoms with Crippen molar-refractivity contribution in [2.75, 3.05) is 31.2 Å². The van der Waals surface area contributed by atoms with E-state index in [2.05, 4.69) is 5.32 Å². The molecule has 1 saturated carbocycles. The molecule has 1 N–H and O–H groups in total. The maximum absolute atomic E-state index is 13.9. The Balaban J connectivity index is 1.35. The summed E-state index contributed by atoms with van der Waals surface area (Å²) in [6.45, 7) is -0.000495. The average molecular weight is 579 g/mol. The summed E-state index contributed by atoms with van der Waals surface area (Å²) in [4.78, 5) is 29.8. The Hall–Kier alpha value is -3.12. The lowest BCUT2D eigenvalue weighted by Crippen LogP contribution is -2.57. The molecule has 2 amide bonds. The molecule has 8 nitrogen and oxygen atoms in total. The monoisotopic (exact) mass is 578 g/mol. The predicted molar refractivity (Wildman–Crippen MR) is 143 cm³/mol. The first-order chi connectivity index (χ1) is 19.0. The van der Waals surface area contributed by atoms with Crippen molar-refractivity contribution in [2.45, 2.75) is 67.6 Å². The second-order valence-corrected chi connectivity index (χ2v) is 12.7. The fourth-order valence-electron chi connectivity index (χ4n) is 6.09. The van der Waals surface area contributed by atoms with Gasteiger partial charge in [-0.2, -0.15) is 17.5 Å². The molecule has 0 unspecified atom stereocenters.